The van der Waals surface area contributed by atoms with E-state index in [1.807, 2.05) is 36.3 Å². The first-order valence-electron chi connectivity index (χ1n) is 5.89. The molecule has 1 unspecified atom stereocenters. The molecule has 2 aromatic rings. The number of hydrogen-bond acceptors (Lipinski definition) is 3. The number of hydrogen-bond donors (Lipinski definition) is 1. The molecule has 0 bridgehead atoms. The van der Waals surface area contributed by atoms with Gasteiger partial charge in [-0.3, -0.25) is 4.68 Å². The van der Waals surface area contributed by atoms with Gasteiger partial charge in [0.2, 0.25) is 0 Å². The van der Waals surface area contributed by atoms with Crippen molar-refractivity contribution < 1.29 is 0 Å². The molecule has 0 aromatic carbocycles. The SMILES string of the molecule is CNC(CCc1cnn(C)c1)c1sccc1C. The third-order valence-corrected chi connectivity index (χ3v) is 4.18. The van der Waals surface area contributed by atoms with E-state index in [1.165, 1.54) is 16.0 Å². The zero-order valence-corrected chi connectivity index (χ0v) is 11.4. The van der Waals surface area contributed by atoms with Crippen molar-refractivity contribution in [2.24, 2.45) is 7.05 Å². The molecule has 0 aliphatic rings. The monoisotopic (exact) mass is 249 g/mol. The van der Waals surface area contributed by atoms with Crippen molar-refractivity contribution in [1.82, 2.24) is 15.1 Å². The molecule has 0 amide bonds. The molecule has 1 atom stereocenters. The summed E-state index contributed by atoms with van der Waals surface area (Å²) in [6.07, 6.45) is 6.22. The van der Waals surface area contributed by atoms with E-state index >= 15 is 0 Å². The third kappa shape index (κ3) is 2.96. The Morgan fingerprint density at radius 1 is 1.53 bits per heavy atom. The first-order valence-corrected chi connectivity index (χ1v) is 6.77. The molecule has 17 heavy (non-hydrogen) atoms. The Kier molecular flexibility index (Phi) is 3.97. The normalized spacial score (nSPS) is 12.9. The van der Waals surface area contributed by atoms with Crippen LogP contribution in [-0.4, -0.2) is 16.8 Å². The van der Waals surface area contributed by atoms with E-state index in [1.54, 1.807) is 0 Å². The van der Waals surface area contributed by atoms with Crippen LogP contribution < -0.4 is 5.32 Å². The summed E-state index contributed by atoms with van der Waals surface area (Å²) in [6.45, 7) is 2.18. The van der Waals surface area contributed by atoms with Gasteiger partial charge in [-0.1, -0.05) is 0 Å². The van der Waals surface area contributed by atoms with Crippen molar-refractivity contribution in [3.63, 3.8) is 0 Å². The average Bonchev–Trinajstić information content (AvgIpc) is 2.90. The minimum absolute atomic E-state index is 0.454. The second-order valence-corrected chi connectivity index (χ2v) is 5.32. The predicted molar refractivity (Wildman–Crippen MR) is 72.4 cm³/mol. The van der Waals surface area contributed by atoms with E-state index in [9.17, 15) is 0 Å². The molecule has 3 nitrogen and oxygen atoms in total. The van der Waals surface area contributed by atoms with Crippen molar-refractivity contribution in [1.29, 1.82) is 0 Å². The lowest BCUT2D eigenvalue weighted by Crippen LogP contribution is -2.16. The van der Waals surface area contributed by atoms with E-state index in [0.717, 1.165) is 12.8 Å². The summed E-state index contributed by atoms with van der Waals surface area (Å²) >= 11 is 1.84. The molecule has 4 heteroatoms. The summed E-state index contributed by atoms with van der Waals surface area (Å²) < 4.78 is 1.86. The highest BCUT2D eigenvalue weighted by atomic mass is 32.1. The van der Waals surface area contributed by atoms with E-state index in [4.69, 9.17) is 0 Å². The number of rotatable bonds is 5. The molecular weight excluding hydrogens is 230 g/mol. The Balaban J connectivity index is 1.99. The van der Waals surface area contributed by atoms with Crippen LogP contribution in [0.25, 0.3) is 0 Å². The third-order valence-electron chi connectivity index (χ3n) is 3.05. The van der Waals surface area contributed by atoms with Crippen LogP contribution in [-0.2, 0) is 13.5 Å². The Hall–Kier alpha value is -1.13. The first kappa shape index (κ1) is 12.3. The summed E-state index contributed by atoms with van der Waals surface area (Å²) in [5.74, 6) is 0. The number of aryl methyl sites for hydroxylation is 3. The standard InChI is InChI=1S/C13H19N3S/c1-10-6-7-17-13(10)12(14-2)5-4-11-8-15-16(3)9-11/h6-9,12,14H,4-5H2,1-3H3. The van der Waals surface area contributed by atoms with Gasteiger partial charge in [-0.15, -0.1) is 11.3 Å². The zero-order valence-electron chi connectivity index (χ0n) is 10.6. The first-order chi connectivity index (χ1) is 8.20. The Labute approximate surface area is 106 Å². The van der Waals surface area contributed by atoms with Crippen molar-refractivity contribution in [2.75, 3.05) is 7.05 Å². The highest BCUT2D eigenvalue weighted by Gasteiger charge is 2.13. The van der Waals surface area contributed by atoms with E-state index < -0.39 is 0 Å². The van der Waals surface area contributed by atoms with Gasteiger partial charge in [0.25, 0.3) is 0 Å². The molecule has 0 aliphatic heterocycles. The van der Waals surface area contributed by atoms with Crippen LogP contribution in [0.3, 0.4) is 0 Å². The molecule has 1 N–H and O–H groups in total. The number of thiophene rings is 1. The lowest BCUT2D eigenvalue weighted by molar-refractivity contribution is 0.555. The summed E-state index contributed by atoms with van der Waals surface area (Å²) in [6, 6.07) is 2.64. The molecule has 0 spiro atoms. The van der Waals surface area contributed by atoms with Gasteiger partial charge in [-0.05, 0) is 49.4 Å². The lowest BCUT2D eigenvalue weighted by Gasteiger charge is -2.15. The fraction of sp³-hybridized carbons (Fsp3) is 0.462. The minimum Gasteiger partial charge on any atom is -0.312 e. The predicted octanol–water partition coefficient (Wildman–Crippen LogP) is 2.68. The van der Waals surface area contributed by atoms with Gasteiger partial charge in [0.1, 0.15) is 0 Å². The Bertz CT molecular complexity index is 472. The second kappa shape index (κ2) is 5.47. The van der Waals surface area contributed by atoms with E-state index in [0.29, 0.717) is 6.04 Å². The summed E-state index contributed by atoms with van der Waals surface area (Å²) in [5, 5.41) is 9.77. The van der Waals surface area contributed by atoms with E-state index in [-0.39, 0.29) is 0 Å². The van der Waals surface area contributed by atoms with Crippen molar-refractivity contribution >= 4 is 11.3 Å². The molecule has 0 fully saturated rings. The molecule has 0 saturated carbocycles. The molecule has 0 aliphatic carbocycles. The average molecular weight is 249 g/mol. The Morgan fingerprint density at radius 3 is 2.88 bits per heavy atom. The van der Waals surface area contributed by atoms with Crippen LogP contribution in [0.5, 0.6) is 0 Å². The van der Waals surface area contributed by atoms with Crippen LogP contribution in [0, 0.1) is 6.92 Å². The molecule has 2 heterocycles. The molecular formula is C13H19N3S. The maximum absolute atomic E-state index is 4.20. The summed E-state index contributed by atoms with van der Waals surface area (Å²) in [4.78, 5) is 1.45. The Morgan fingerprint density at radius 2 is 2.35 bits per heavy atom. The largest absolute Gasteiger partial charge is 0.312 e. The van der Waals surface area contributed by atoms with Gasteiger partial charge >= 0.3 is 0 Å². The van der Waals surface area contributed by atoms with Crippen LogP contribution in [0.4, 0.5) is 0 Å². The topological polar surface area (TPSA) is 29.9 Å². The van der Waals surface area contributed by atoms with Gasteiger partial charge in [0.05, 0.1) is 6.20 Å². The van der Waals surface area contributed by atoms with Crippen molar-refractivity contribution in [2.45, 2.75) is 25.8 Å². The van der Waals surface area contributed by atoms with Gasteiger partial charge in [-0.2, -0.15) is 5.10 Å². The molecule has 2 rings (SSSR count). The maximum Gasteiger partial charge on any atom is 0.0521 e. The number of aromatic nitrogens is 2. The number of nitrogens with zero attached hydrogens (tertiary/aromatic N) is 2. The quantitative estimate of drug-likeness (QED) is 0.883. The second-order valence-electron chi connectivity index (χ2n) is 4.37. The van der Waals surface area contributed by atoms with Crippen LogP contribution in [0.15, 0.2) is 23.8 Å². The maximum atomic E-state index is 4.20. The van der Waals surface area contributed by atoms with Crippen LogP contribution >= 0.6 is 11.3 Å². The summed E-state index contributed by atoms with van der Waals surface area (Å²) in [5.41, 5.74) is 2.70. The van der Waals surface area contributed by atoms with Gasteiger partial charge in [0, 0.05) is 24.2 Å². The lowest BCUT2D eigenvalue weighted by atomic mass is 10.0. The van der Waals surface area contributed by atoms with Crippen LogP contribution in [0.1, 0.15) is 28.5 Å². The molecule has 92 valence electrons. The highest BCUT2D eigenvalue weighted by Crippen LogP contribution is 2.27. The highest BCUT2D eigenvalue weighted by molar-refractivity contribution is 7.10. The summed E-state index contributed by atoms with van der Waals surface area (Å²) in [7, 11) is 4.00. The van der Waals surface area contributed by atoms with Crippen molar-refractivity contribution in [3.05, 3.63) is 39.8 Å². The van der Waals surface area contributed by atoms with Gasteiger partial charge in [-0.25, -0.2) is 0 Å². The van der Waals surface area contributed by atoms with Gasteiger partial charge < -0.3 is 5.32 Å². The fourth-order valence-corrected chi connectivity index (χ4v) is 3.13. The van der Waals surface area contributed by atoms with Gasteiger partial charge in [0.15, 0.2) is 0 Å². The van der Waals surface area contributed by atoms with Crippen molar-refractivity contribution in [3.8, 4) is 0 Å². The smallest absolute Gasteiger partial charge is 0.0521 e. The zero-order chi connectivity index (χ0) is 12.3. The van der Waals surface area contributed by atoms with E-state index in [2.05, 4.69) is 35.0 Å². The molecule has 0 saturated heterocycles. The number of nitrogens with one attached hydrogen (secondary N) is 1. The minimum atomic E-state index is 0.454. The molecule has 2 aromatic heterocycles. The van der Waals surface area contributed by atoms with Crippen LogP contribution in [0.2, 0.25) is 0 Å². The molecule has 0 radical (unpaired) electrons. The fourth-order valence-electron chi connectivity index (χ4n) is 2.06.